The van der Waals surface area contributed by atoms with E-state index < -0.39 is 11.6 Å². The van der Waals surface area contributed by atoms with Crippen molar-refractivity contribution in [3.63, 3.8) is 0 Å². The molecule has 0 amide bonds. The lowest BCUT2D eigenvalue weighted by Gasteiger charge is -2.06. The van der Waals surface area contributed by atoms with Crippen molar-refractivity contribution in [2.45, 2.75) is 6.54 Å². The highest BCUT2D eigenvalue weighted by Gasteiger charge is 2.19. The van der Waals surface area contributed by atoms with E-state index in [-0.39, 0.29) is 0 Å². The van der Waals surface area contributed by atoms with Crippen LogP contribution < -0.4 is 5.32 Å². The lowest BCUT2D eigenvalue weighted by Crippen LogP contribution is -2.00. The zero-order chi connectivity index (χ0) is 19.3. The molecule has 4 aromatic rings. The zero-order valence-electron chi connectivity index (χ0n) is 14.9. The minimum atomic E-state index is -0.938. The Bertz CT molecular complexity index is 1260. The van der Waals surface area contributed by atoms with Crippen LogP contribution in [0.1, 0.15) is 17.1 Å². The van der Waals surface area contributed by atoms with Crippen LogP contribution in [0.3, 0.4) is 0 Å². The maximum Gasteiger partial charge on any atom is 0.161 e. The predicted octanol–water partition coefficient (Wildman–Crippen LogP) is 4.35. The molecule has 1 aliphatic rings. The highest BCUT2D eigenvalue weighted by atomic mass is 19.2. The fourth-order valence-electron chi connectivity index (χ4n) is 3.48. The van der Waals surface area contributed by atoms with Crippen molar-refractivity contribution in [1.82, 2.24) is 19.5 Å². The van der Waals surface area contributed by atoms with Gasteiger partial charge in [0.15, 0.2) is 17.5 Å². The number of nitrogens with one attached hydrogen (secondary N) is 1. The van der Waals surface area contributed by atoms with Gasteiger partial charge < -0.3 is 9.88 Å². The van der Waals surface area contributed by atoms with E-state index in [2.05, 4.69) is 37.0 Å². The monoisotopic (exact) mass is 375 g/mol. The highest BCUT2D eigenvalue weighted by Crippen LogP contribution is 2.31. The van der Waals surface area contributed by atoms with Crippen LogP contribution in [0, 0.1) is 11.6 Å². The molecule has 0 saturated heterocycles. The minimum Gasteiger partial charge on any atom is -0.373 e. The second-order valence-corrected chi connectivity index (χ2v) is 6.57. The Kier molecular flexibility index (Phi) is 3.68. The molecule has 0 atom stereocenters. The number of benzene rings is 2. The van der Waals surface area contributed by atoms with Crippen molar-refractivity contribution >= 4 is 28.9 Å². The average Bonchev–Trinajstić information content (AvgIpc) is 3.24. The summed E-state index contributed by atoms with van der Waals surface area (Å²) in [4.78, 5) is 13.4. The first-order valence-electron chi connectivity index (χ1n) is 8.80. The third kappa shape index (κ3) is 2.63. The molecule has 138 valence electrons. The van der Waals surface area contributed by atoms with Crippen molar-refractivity contribution in [2.24, 2.45) is 0 Å². The van der Waals surface area contributed by atoms with Crippen molar-refractivity contribution in [2.75, 3.05) is 12.4 Å². The van der Waals surface area contributed by atoms with Gasteiger partial charge in [-0.2, -0.15) is 0 Å². The summed E-state index contributed by atoms with van der Waals surface area (Å²) in [7, 11) is 1.67. The Balaban J connectivity index is 1.51. The first-order valence-corrected chi connectivity index (χ1v) is 8.80. The number of fused-ring (bicyclic) bond motifs is 4. The summed E-state index contributed by atoms with van der Waals surface area (Å²) >= 11 is 0. The van der Waals surface area contributed by atoms with Gasteiger partial charge in [-0.15, -0.1) is 0 Å². The Labute approximate surface area is 159 Å². The van der Waals surface area contributed by atoms with Gasteiger partial charge in [0, 0.05) is 36.8 Å². The quantitative estimate of drug-likeness (QED) is 0.510. The lowest BCUT2D eigenvalue weighted by molar-refractivity contribution is 0.510. The summed E-state index contributed by atoms with van der Waals surface area (Å²) in [5.74, 6) is -0.111. The number of aromatic nitrogens is 4. The van der Waals surface area contributed by atoms with Gasteiger partial charge in [0.2, 0.25) is 0 Å². The number of rotatable bonds is 3. The third-order valence-electron chi connectivity index (χ3n) is 4.79. The van der Waals surface area contributed by atoms with E-state index in [0.717, 1.165) is 35.8 Å². The topological polar surface area (TPSA) is 55.6 Å². The fraction of sp³-hybridized carbons (Fsp3) is 0.0952. The molecule has 1 aliphatic heterocycles. The number of nitrogens with zero attached hydrogens (tertiary/aromatic N) is 4. The second kappa shape index (κ2) is 6.23. The predicted molar refractivity (Wildman–Crippen MR) is 105 cm³/mol. The van der Waals surface area contributed by atoms with Gasteiger partial charge in [0.25, 0.3) is 0 Å². The molecule has 3 heterocycles. The first-order chi connectivity index (χ1) is 13.6. The van der Waals surface area contributed by atoms with E-state index >= 15 is 0 Å². The van der Waals surface area contributed by atoms with E-state index in [0.29, 0.717) is 22.5 Å². The van der Waals surface area contributed by atoms with Gasteiger partial charge in [0.1, 0.15) is 11.6 Å². The average molecular weight is 375 g/mol. The maximum absolute atomic E-state index is 13.6. The first kappa shape index (κ1) is 16.6. The van der Waals surface area contributed by atoms with E-state index in [1.807, 2.05) is 24.4 Å². The van der Waals surface area contributed by atoms with Crippen LogP contribution in [0.4, 0.5) is 14.6 Å². The van der Waals surface area contributed by atoms with Crippen LogP contribution in [-0.4, -0.2) is 26.6 Å². The molecule has 0 unspecified atom stereocenters. The Morgan fingerprint density at radius 2 is 1.86 bits per heavy atom. The van der Waals surface area contributed by atoms with Crippen LogP contribution in [0.2, 0.25) is 0 Å². The molecule has 0 spiro atoms. The fourth-order valence-corrected chi connectivity index (χ4v) is 3.48. The smallest absolute Gasteiger partial charge is 0.161 e. The molecule has 0 fully saturated rings. The van der Waals surface area contributed by atoms with Crippen LogP contribution in [-0.2, 0) is 6.54 Å². The number of imidazole rings is 1. The number of anilines is 1. The summed E-state index contributed by atoms with van der Waals surface area (Å²) in [5, 5.41) is 3.33. The molecular formula is C21H15F2N5. The van der Waals surface area contributed by atoms with Gasteiger partial charge in [0.05, 0.1) is 11.2 Å². The molecule has 28 heavy (non-hydrogen) atoms. The molecule has 5 nitrogen and oxygen atoms in total. The van der Waals surface area contributed by atoms with Gasteiger partial charge >= 0.3 is 0 Å². The van der Waals surface area contributed by atoms with Crippen LogP contribution in [0.25, 0.3) is 34.4 Å². The molecule has 0 bridgehead atoms. The van der Waals surface area contributed by atoms with E-state index in [9.17, 15) is 8.78 Å². The summed E-state index contributed by atoms with van der Waals surface area (Å²) in [6, 6.07) is 10.4. The summed E-state index contributed by atoms with van der Waals surface area (Å²) in [5.41, 5.74) is 3.51. The lowest BCUT2D eigenvalue weighted by atomic mass is 10.1. The minimum absolute atomic E-state index is 0.333. The summed E-state index contributed by atoms with van der Waals surface area (Å²) in [6.45, 7) is 0.799. The summed E-state index contributed by atoms with van der Waals surface area (Å²) in [6.07, 6.45) is 5.50. The highest BCUT2D eigenvalue weighted by molar-refractivity contribution is 5.90. The standard InChI is InChI=1S/C21H15F2N5/c1-24-20-15-8-16(22)17(23)9-18(15)26-19(27-20)7-6-13-11-28-10-12-4-2-3-5-14(12)21(28)25-13/h2-9,11H,10H2,1H3,(H,24,26,27). The molecule has 7 heteroatoms. The molecule has 0 saturated carbocycles. The van der Waals surface area contributed by atoms with Crippen LogP contribution >= 0.6 is 0 Å². The molecule has 0 aliphatic carbocycles. The van der Waals surface area contributed by atoms with Crippen molar-refractivity contribution < 1.29 is 8.78 Å². The second-order valence-electron chi connectivity index (χ2n) is 6.57. The SMILES string of the molecule is CNc1nc(C=Cc2cn3c(n2)-c2ccccc2C3)nc2cc(F)c(F)cc12. The van der Waals surface area contributed by atoms with Gasteiger partial charge in [-0.3, -0.25) is 0 Å². The number of halogens is 2. The normalized spacial score (nSPS) is 12.5. The molecule has 2 aromatic carbocycles. The van der Waals surface area contributed by atoms with Crippen molar-refractivity contribution in [3.8, 4) is 11.4 Å². The molecule has 5 rings (SSSR count). The number of hydrogen-bond acceptors (Lipinski definition) is 4. The van der Waals surface area contributed by atoms with Crippen LogP contribution in [0.15, 0.2) is 42.6 Å². The molecule has 1 N–H and O–H groups in total. The van der Waals surface area contributed by atoms with E-state index in [1.165, 1.54) is 5.56 Å². The van der Waals surface area contributed by atoms with Gasteiger partial charge in [-0.1, -0.05) is 24.3 Å². The van der Waals surface area contributed by atoms with E-state index in [4.69, 9.17) is 0 Å². The Hall–Kier alpha value is -3.61. The molecule has 2 aromatic heterocycles. The largest absolute Gasteiger partial charge is 0.373 e. The zero-order valence-corrected chi connectivity index (χ0v) is 14.9. The van der Waals surface area contributed by atoms with Gasteiger partial charge in [-0.05, 0) is 23.8 Å². The summed E-state index contributed by atoms with van der Waals surface area (Å²) < 4.78 is 29.2. The third-order valence-corrected chi connectivity index (χ3v) is 4.79. The van der Waals surface area contributed by atoms with Crippen LogP contribution in [0.5, 0.6) is 0 Å². The van der Waals surface area contributed by atoms with E-state index in [1.54, 1.807) is 13.1 Å². The molecular weight excluding hydrogens is 360 g/mol. The molecule has 0 radical (unpaired) electrons. The van der Waals surface area contributed by atoms with Crippen molar-refractivity contribution in [3.05, 3.63) is 71.3 Å². The maximum atomic E-state index is 13.6. The number of hydrogen-bond donors (Lipinski definition) is 1. The Morgan fingerprint density at radius 3 is 2.71 bits per heavy atom. The van der Waals surface area contributed by atoms with Crippen molar-refractivity contribution in [1.29, 1.82) is 0 Å². The Morgan fingerprint density at radius 1 is 1.04 bits per heavy atom. The van der Waals surface area contributed by atoms with Gasteiger partial charge in [-0.25, -0.2) is 23.7 Å².